The van der Waals surface area contributed by atoms with Crippen LogP contribution in [0, 0.1) is 0 Å². The first-order valence-electron chi connectivity index (χ1n) is 4.78. The summed E-state index contributed by atoms with van der Waals surface area (Å²) >= 11 is 1.42. The third-order valence-electron chi connectivity index (χ3n) is 2.23. The maximum absolute atomic E-state index is 10.9. The van der Waals surface area contributed by atoms with Crippen LogP contribution in [0.2, 0.25) is 0 Å². The quantitative estimate of drug-likeness (QED) is 0.799. The van der Waals surface area contributed by atoms with Crippen molar-refractivity contribution < 1.29 is 14.6 Å². The van der Waals surface area contributed by atoms with E-state index in [0.717, 1.165) is 23.5 Å². The number of aromatic carboxylic acids is 1. The van der Waals surface area contributed by atoms with Crippen molar-refractivity contribution >= 4 is 17.7 Å². The number of hydrogen-bond acceptors (Lipinski definition) is 3. The second kappa shape index (κ2) is 4.14. The molecule has 2 rings (SSSR count). The Bertz CT molecular complexity index is 385. The summed E-state index contributed by atoms with van der Waals surface area (Å²) < 4.78 is 5.60. The molecular weight excluding hydrogens is 212 g/mol. The Balaban J connectivity index is 2.24. The van der Waals surface area contributed by atoms with E-state index >= 15 is 0 Å². The number of carboxylic acid groups (broad SMARTS) is 1. The fourth-order valence-corrected chi connectivity index (χ4v) is 1.91. The minimum absolute atomic E-state index is 0.339. The number of thioether (sulfide) groups is 1. The van der Waals surface area contributed by atoms with Gasteiger partial charge < -0.3 is 9.84 Å². The van der Waals surface area contributed by atoms with Gasteiger partial charge in [0.2, 0.25) is 0 Å². The van der Waals surface area contributed by atoms with Gasteiger partial charge in [0, 0.05) is 4.90 Å². The first-order valence-corrected chi connectivity index (χ1v) is 6.01. The summed E-state index contributed by atoms with van der Waals surface area (Å²) in [7, 11) is 0. The van der Waals surface area contributed by atoms with E-state index in [2.05, 4.69) is 0 Å². The summed E-state index contributed by atoms with van der Waals surface area (Å²) in [5, 5.41) is 8.93. The van der Waals surface area contributed by atoms with Crippen molar-refractivity contribution in [2.45, 2.75) is 23.8 Å². The van der Waals surface area contributed by atoms with Gasteiger partial charge in [-0.25, -0.2) is 4.79 Å². The highest BCUT2D eigenvalue weighted by molar-refractivity contribution is 7.98. The van der Waals surface area contributed by atoms with Gasteiger partial charge >= 0.3 is 5.97 Å². The van der Waals surface area contributed by atoms with Crippen LogP contribution in [0.1, 0.15) is 23.2 Å². The molecule has 1 aliphatic carbocycles. The largest absolute Gasteiger partial charge is 0.490 e. The first-order chi connectivity index (χ1) is 7.20. The normalized spacial score (nSPS) is 15.0. The number of ether oxygens (including phenoxy) is 1. The minimum Gasteiger partial charge on any atom is -0.490 e. The molecule has 0 saturated heterocycles. The molecule has 0 bridgehead atoms. The predicted molar refractivity (Wildman–Crippen MR) is 58.8 cm³/mol. The fourth-order valence-electron chi connectivity index (χ4n) is 1.30. The van der Waals surface area contributed by atoms with Crippen LogP contribution in [-0.2, 0) is 0 Å². The molecule has 1 aromatic carbocycles. The maximum atomic E-state index is 10.9. The van der Waals surface area contributed by atoms with Crippen molar-refractivity contribution in [1.82, 2.24) is 0 Å². The van der Waals surface area contributed by atoms with Gasteiger partial charge in [0.25, 0.3) is 0 Å². The van der Waals surface area contributed by atoms with Gasteiger partial charge in [0.05, 0.1) is 11.7 Å². The average Bonchev–Trinajstić information content (AvgIpc) is 3.01. The highest BCUT2D eigenvalue weighted by Crippen LogP contribution is 2.30. The molecule has 1 aliphatic rings. The lowest BCUT2D eigenvalue weighted by Gasteiger charge is -2.07. The van der Waals surface area contributed by atoms with E-state index in [1.165, 1.54) is 11.8 Å². The fraction of sp³-hybridized carbons (Fsp3) is 0.364. The van der Waals surface area contributed by atoms with Crippen LogP contribution in [0.4, 0.5) is 0 Å². The van der Waals surface area contributed by atoms with Crippen LogP contribution >= 0.6 is 11.8 Å². The van der Waals surface area contributed by atoms with Gasteiger partial charge in [-0.15, -0.1) is 11.8 Å². The van der Waals surface area contributed by atoms with E-state index in [9.17, 15) is 4.79 Å². The van der Waals surface area contributed by atoms with E-state index in [1.54, 1.807) is 18.2 Å². The van der Waals surface area contributed by atoms with Gasteiger partial charge in [-0.3, -0.25) is 0 Å². The van der Waals surface area contributed by atoms with E-state index in [-0.39, 0.29) is 0 Å². The van der Waals surface area contributed by atoms with Crippen LogP contribution in [0.25, 0.3) is 0 Å². The zero-order chi connectivity index (χ0) is 10.8. The van der Waals surface area contributed by atoms with Gasteiger partial charge in [-0.2, -0.15) is 0 Å². The highest BCUT2D eigenvalue weighted by atomic mass is 32.2. The second-order valence-corrected chi connectivity index (χ2v) is 4.33. The maximum Gasteiger partial charge on any atom is 0.336 e. The molecule has 1 aromatic rings. The summed E-state index contributed by atoms with van der Waals surface area (Å²) in [6.07, 6.45) is 4.42. The van der Waals surface area contributed by atoms with Crippen LogP contribution in [-0.4, -0.2) is 23.4 Å². The molecule has 0 unspecified atom stereocenters. The first kappa shape index (κ1) is 10.4. The SMILES string of the molecule is CSc1cc(OC2CC2)ccc1C(=O)O. The van der Waals surface area contributed by atoms with Gasteiger partial charge in [0.15, 0.2) is 0 Å². The molecule has 1 N–H and O–H groups in total. The predicted octanol–water partition coefficient (Wildman–Crippen LogP) is 2.65. The molecule has 0 radical (unpaired) electrons. The van der Waals surface area contributed by atoms with E-state index in [0.29, 0.717) is 11.7 Å². The van der Waals surface area contributed by atoms with Crippen molar-refractivity contribution in [2.24, 2.45) is 0 Å². The lowest BCUT2D eigenvalue weighted by molar-refractivity contribution is 0.0693. The molecule has 0 heterocycles. The van der Waals surface area contributed by atoms with Crippen molar-refractivity contribution in [3.8, 4) is 5.75 Å². The van der Waals surface area contributed by atoms with E-state index < -0.39 is 5.97 Å². The topological polar surface area (TPSA) is 46.5 Å². The molecule has 0 aromatic heterocycles. The number of carbonyl (C=O) groups is 1. The van der Waals surface area contributed by atoms with Gasteiger partial charge in [-0.05, 0) is 37.3 Å². The number of rotatable bonds is 4. The Morgan fingerprint density at radius 1 is 1.53 bits per heavy atom. The Hall–Kier alpha value is -1.16. The van der Waals surface area contributed by atoms with Crippen molar-refractivity contribution in [3.05, 3.63) is 23.8 Å². The Labute approximate surface area is 92.4 Å². The standard InChI is InChI=1S/C11H12O3S/c1-15-10-6-8(14-7-2-3-7)4-5-9(10)11(12)13/h4-7H,2-3H2,1H3,(H,12,13). The zero-order valence-electron chi connectivity index (χ0n) is 8.40. The molecule has 4 heteroatoms. The molecule has 0 aliphatic heterocycles. The van der Waals surface area contributed by atoms with Gasteiger partial charge in [-0.1, -0.05) is 0 Å². The summed E-state index contributed by atoms with van der Waals surface area (Å²) in [5.74, 6) is -0.121. The van der Waals surface area contributed by atoms with Gasteiger partial charge in [0.1, 0.15) is 5.75 Å². The second-order valence-electron chi connectivity index (χ2n) is 3.48. The molecule has 1 saturated carbocycles. The lowest BCUT2D eigenvalue weighted by Crippen LogP contribution is -2.01. The Morgan fingerprint density at radius 3 is 2.80 bits per heavy atom. The molecule has 3 nitrogen and oxygen atoms in total. The molecule has 0 spiro atoms. The van der Waals surface area contributed by atoms with Crippen molar-refractivity contribution in [2.75, 3.05) is 6.26 Å². The lowest BCUT2D eigenvalue weighted by atomic mass is 10.2. The number of carboxylic acids is 1. The van der Waals surface area contributed by atoms with Crippen molar-refractivity contribution in [3.63, 3.8) is 0 Å². The third-order valence-corrected chi connectivity index (χ3v) is 3.01. The molecule has 1 fully saturated rings. The third kappa shape index (κ3) is 2.45. The summed E-state index contributed by atoms with van der Waals surface area (Å²) in [6.45, 7) is 0. The molecule has 0 amide bonds. The molecule has 80 valence electrons. The van der Waals surface area contributed by atoms with Crippen LogP contribution in [0.15, 0.2) is 23.1 Å². The van der Waals surface area contributed by atoms with Crippen LogP contribution < -0.4 is 4.74 Å². The van der Waals surface area contributed by atoms with Crippen LogP contribution in [0.5, 0.6) is 5.75 Å². The van der Waals surface area contributed by atoms with Crippen LogP contribution in [0.3, 0.4) is 0 Å². The summed E-state index contributed by atoms with van der Waals surface area (Å²) in [5.41, 5.74) is 0.339. The Morgan fingerprint density at radius 2 is 2.27 bits per heavy atom. The molecule has 0 atom stereocenters. The monoisotopic (exact) mass is 224 g/mol. The number of hydrogen-bond donors (Lipinski definition) is 1. The van der Waals surface area contributed by atoms with E-state index in [1.807, 2.05) is 6.26 Å². The van der Waals surface area contributed by atoms with E-state index in [4.69, 9.17) is 9.84 Å². The average molecular weight is 224 g/mol. The highest BCUT2D eigenvalue weighted by Gasteiger charge is 2.23. The molecular formula is C11H12O3S. The van der Waals surface area contributed by atoms with Crippen molar-refractivity contribution in [1.29, 1.82) is 0 Å². The number of benzene rings is 1. The minimum atomic E-state index is -0.891. The zero-order valence-corrected chi connectivity index (χ0v) is 9.21. The smallest absolute Gasteiger partial charge is 0.336 e. The summed E-state index contributed by atoms with van der Waals surface area (Å²) in [4.78, 5) is 11.6. The summed E-state index contributed by atoms with van der Waals surface area (Å²) in [6, 6.07) is 5.12. The Kier molecular flexibility index (Phi) is 2.86. The molecule has 15 heavy (non-hydrogen) atoms.